The van der Waals surface area contributed by atoms with Gasteiger partial charge in [-0.3, -0.25) is 4.98 Å². The molecule has 0 aliphatic heterocycles. The van der Waals surface area contributed by atoms with Crippen LogP contribution in [0.1, 0.15) is 10.4 Å². The molecule has 4 heteroatoms. The number of benzene rings is 1. The Hall–Kier alpha value is -1.06. The van der Waals surface area contributed by atoms with Crippen molar-refractivity contribution >= 4 is 22.9 Å². The number of thiazole rings is 1. The summed E-state index contributed by atoms with van der Waals surface area (Å²) in [5.74, 6) is 0.830. The van der Waals surface area contributed by atoms with E-state index in [2.05, 4.69) is 4.98 Å². The maximum atomic E-state index is 5.89. The second-order valence-electron chi connectivity index (χ2n) is 3.10. The van der Waals surface area contributed by atoms with Gasteiger partial charge in [-0.15, -0.1) is 11.3 Å². The lowest BCUT2D eigenvalue weighted by Gasteiger charge is -2.07. The number of ether oxygens (including phenoxy) is 1. The SMILES string of the molecule is COc1cc(Cl)ccc1Cc1cncs1. The van der Waals surface area contributed by atoms with Crippen LogP contribution in [0, 0.1) is 0 Å². The summed E-state index contributed by atoms with van der Waals surface area (Å²) < 4.78 is 5.27. The molecular weight excluding hydrogens is 230 g/mol. The molecule has 0 unspecified atom stereocenters. The Labute approximate surface area is 97.5 Å². The largest absolute Gasteiger partial charge is 0.496 e. The van der Waals surface area contributed by atoms with Gasteiger partial charge in [0.2, 0.25) is 0 Å². The van der Waals surface area contributed by atoms with Crippen LogP contribution in [0.2, 0.25) is 5.02 Å². The number of aromatic nitrogens is 1. The molecule has 0 aliphatic carbocycles. The van der Waals surface area contributed by atoms with Gasteiger partial charge in [-0.25, -0.2) is 0 Å². The molecule has 0 aliphatic rings. The minimum atomic E-state index is 0.694. The third-order valence-corrected chi connectivity index (χ3v) is 3.11. The number of nitrogens with zero attached hydrogens (tertiary/aromatic N) is 1. The highest BCUT2D eigenvalue weighted by molar-refractivity contribution is 7.09. The molecule has 78 valence electrons. The van der Waals surface area contributed by atoms with Gasteiger partial charge in [0.05, 0.1) is 12.6 Å². The highest BCUT2D eigenvalue weighted by atomic mass is 35.5. The molecule has 1 aromatic carbocycles. The lowest BCUT2D eigenvalue weighted by molar-refractivity contribution is 0.410. The Morgan fingerprint density at radius 1 is 1.47 bits per heavy atom. The van der Waals surface area contributed by atoms with Crippen molar-refractivity contribution in [2.24, 2.45) is 0 Å². The minimum absolute atomic E-state index is 0.694. The zero-order valence-corrected chi connectivity index (χ0v) is 9.81. The summed E-state index contributed by atoms with van der Waals surface area (Å²) in [5, 5.41) is 0.694. The van der Waals surface area contributed by atoms with E-state index in [1.807, 2.05) is 29.9 Å². The molecule has 0 amide bonds. The quantitative estimate of drug-likeness (QED) is 0.819. The van der Waals surface area contributed by atoms with Gasteiger partial charge in [-0.05, 0) is 17.7 Å². The van der Waals surface area contributed by atoms with Crippen molar-refractivity contribution in [3.8, 4) is 5.75 Å². The highest BCUT2D eigenvalue weighted by Crippen LogP contribution is 2.26. The third-order valence-electron chi connectivity index (χ3n) is 2.10. The maximum Gasteiger partial charge on any atom is 0.123 e. The zero-order valence-electron chi connectivity index (χ0n) is 8.24. The molecule has 2 aromatic rings. The molecule has 1 aromatic heterocycles. The van der Waals surface area contributed by atoms with Gasteiger partial charge in [0.25, 0.3) is 0 Å². The number of hydrogen-bond acceptors (Lipinski definition) is 3. The molecule has 0 fully saturated rings. The summed E-state index contributed by atoms with van der Waals surface area (Å²) >= 11 is 7.53. The van der Waals surface area contributed by atoms with Crippen molar-refractivity contribution < 1.29 is 4.74 Å². The molecule has 0 spiro atoms. The average Bonchev–Trinajstić information content (AvgIpc) is 2.73. The van der Waals surface area contributed by atoms with Crippen LogP contribution in [-0.2, 0) is 6.42 Å². The van der Waals surface area contributed by atoms with Crippen LogP contribution in [-0.4, -0.2) is 12.1 Å². The van der Waals surface area contributed by atoms with E-state index in [4.69, 9.17) is 16.3 Å². The highest BCUT2D eigenvalue weighted by Gasteiger charge is 2.05. The van der Waals surface area contributed by atoms with Crippen molar-refractivity contribution in [3.63, 3.8) is 0 Å². The molecule has 2 nitrogen and oxygen atoms in total. The molecule has 1 heterocycles. The van der Waals surface area contributed by atoms with Gasteiger partial charge in [-0.2, -0.15) is 0 Å². The first kappa shape index (κ1) is 10.5. The fourth-order valence-corrected chi connectivity index (χ4v) is 2.16. The maximum absolute atomic E-state index is 5.89. The van der Waals surface area contributed by atoms with Crippen LogP contribution < -0.4 is 4.74 Å². The first-order valence-electron chi connectivity index (χ1n) is 4.49. The van der Waals surface area contributed by atoms with Gasteiger partial charge in [-0.1, -0.05) is 17.7 Å². The van der Waals surface area contributed by atoms with Gasteiger partial charge in [0, 0.05) is 22.5 Å². The van der Waals surface area contributed by atoms with E-state index in [1.165, 1.54) is 4.88 Å². The van der Waals surface area contributed by atoms with E-state index in [-0.39, 0.29) is 0 Å². The number of hydrogen-bond donors (Lipinski definition) is 0. The predicted molar refractivity (Wildman–Crippen MR) is 62.9 cm³/mol. The number of methoxy groups -OCH3 is 1. The molecule has 0 bridgehead atoms. The van der Waals surface area contributed by atoms with Crippen molar-refractivity contribution in [2.45, 2.75) is 6.42 Å². The zero-order chi connectivity index (χ0) is 10.7. The molecule has 0 N–H and O–H groups in total. The van der Waals surface area contributed by atoms with Crippen LogP contribution in [0.4, 0.5) is 0 Å². The van der Waals surface area contributed by atoms with E-state index in [0.29, 0.717) is 5.02 Å². The first-order valence-corrected chi connectivity index (χ1v) is 5.75. The van der Waals surface area contributed by atoms with Crippen LogP contribution in [0.25, 0.3) is 0 Å². The van der Waals surface area contributed by atoms with Gasteiger partial charge >= 0.3 is 0 Å². The first-order chi connectivity index (χ1) is 7.29. The van der Waals surface area contributed by atoms with Crippen molar-refractivity contribution in [3.05, 3.63) is 45.4 Å². The Kier molecular flexibility index (Phi) is 3.23. The summed E-state index contributed by atoms with van der Waals surface area (Å²) in [6.07, 6.45) is 2.71. The molecule has 2 rings (SSSR count). The van der Waals surface area contributed by atoms with Crippen LogP contribution in [0.15, 0.2) is 29.9 Å². The van der Waals surface area contributed by atoms with Crippen molar-refractivity contribution in [1.82, 2.24) is 4.98 Å². The molecule has 15 heavy (non-hydrogen) atoms. The number of rotatable bonds is 3. The predicted octanol–water partition coefficient (Wildman–Crippen LogP) is 3.40. The number of halogens is 1. The third kappa shape index (κ3) is 2.49. The van der Waals surface area contributed by atoms with E-state index in [9.17, 15) is 0 Å². The average molecular weight is 240 g/mol. The molecule has 0 saturated carbocycles. The van der Waals surface area contributed by atoms with E-state index in [1.54, 1.807) is 18.4 Å². The fraction of sp³-hybridized carbons (Fsp3) is 0.182. The second-order valence-corrected chi connectivity index (χ2v) is 4.51. The lowest BCUT2D eigenvalue weighted by atomic mass is 10.1. The summed E-state index contributed by atoms with van der Waals surface area (Å²) in [7, 11) is 1.65. The summed E-state index contributed by atoms with van der Waals surface area (Å²) in [6.45, 7) is 0. The lowest BCUT2D eigenvalue weighted by Crippen LogP contribution is -1.92. The van der Waals surface area contributed by atoms with E-state index >= 15 is 0 Å². The summed E-state index contributed by atoms with van der Waals surface area (Å²) in [4.78, 5) is 5.26. The Balaban J connectivity index is 2.28. The molecule has 0 saturated heterocycles. The smallest absolute Gasteiger partial charge is 0.123 e. The standard InChI is InChI=1S/C11H10ClNOS/c1-14-11-5-9(12)3-2-8(11)4-10-6-13-7-15-10/h2-3,5-7H,4H2,1H3. The topological polar surface area (TPSA) is 22.1 Å². The van der Waals surface area contributed by atoms with Gasteiger partial charge < -0.3 is 4.74 Å². The van der Waals surface area contributed by atoms with Crippen molar-refractivity contribution in [1.29, 1.82) is 0 Å². The molecule has 0 atom stereocenters. The normalized spacial score (nSPS) is 10.3. The Morgan fingerprint density at radius 3 is 3.00 bits per heavy atom. The second kappa shape index (κ2) is 4.64. The molecule has 0 radical (unpaired) electrons. The van der Waals surface area contributed by atoms with E-state index < -0.39 is 0 Å². The van der Waals surface area contributed by atoms with Crippen LogP contribution in [0.5, 0.6) is 5.75 Å². The fourth-order valence-electron chi connectivity index (χ4n) is 1.38. The van der Waals surface area contributed by atoms with Gasteiger partial charge in [0.15, 0.2) is 0 Å². The van der Waals surface area contributed by atoms with Gasteiger partial charge in [0.1, 0.15) is 5.75 Å². The van der Waals surface area contributed by atoms with Crippen LogP contribution in [0.3, 0.4) is 0 Å². The summed E-state index contributed by atoms with van der Waals surface area (Å²) in [5.41, 5.74) is 2.96. The summed E-state index contributed by atoms with van der Waals surface area (Å²) in [6, 6.07) is 5.69. The van der Waals surface area contributed by atoms with Crippen molar-refractivity contribution in [2.75, 3.05) is 7.11 Å². The van der Waals surface area contributed by atoms with E-state index in [0.717, 1.165) is 17.7 Å². The molecular formula is C11H10ClNOS. The Morgan fingerprint density at radius 2 is 2.33 bits per heavy atom. The minimum Gasteiger partial charge on any atom is -0.496 e. The monoisotopic (exact) mass is 239 g/mol. The Bertz CT molecular complexity index is 442. The van der Waals surface area contributed by atoms with Crippen LogP contribution >= 0.6 is 22.9 Å².